The molecule has 306 valence electrons. The number of amides is 7. The van der Waals surface area contributed by atoms with Gasteiger partial charge in [0.1, 0.15) is 36.3 Å². The molecule has 0 saturated carbocycles. The fourth-order valence-corrected chi connectivity index (χ4v) is 7.12. The predicted octanol–water partition coefficient (Wildman–Crippen LogP) is -3.00. The van der Waals surface area contributed by atoms with Crippen LogP contribution in [0.3, 0.4) is 0 Å². The normalized spacial score (nSPS) is 22.2. The quantitative estimate of drug-likeness (QED) is 0.0341. The number of hydrogen-bond acceptors (Lipinski definition) is 12. The minimum atomic E-state index is -1.29. The van der Waals surface area contributed by atoms with Gasteiger partial charge in [-0.2, -0.15) is 0 Å². The summed E-state index contributed by atoms with van der Waals surface area (Å²) in [4.78, 5) is 107. The third kappa shape index (κ3) is 18.6. The van der Waals surface area contributed by atoms with E-state index in [0.29, 0.717) is 0 Å². The van der Waals surface area contributed by atoms with Crippen molar-refractivity contribution in [3.8, 4) is 0 Å². The van der Waals surface area contributed by atoms with Gasteiger partial charge in [-0.15, -0.1) is 0 Å². The van der Waals surface area contributed by atoms with Crippen LogP contribution < -0.4 is 54.4 Å². The van der Waals surface area contributed by atoms with Crippen molar-refractivity contribution in [2.75, 3.05) is 24.6 Å². The zero-order chi connectivity index (χ0) is 41.1. The summed E-state index contributed by atoms with van der Waals surface area (Å²) in [6, 6.07) is -8.07. The van der Waals surface area contributed by atoms with Crippen molar-refractivity contribution in [3.05, 3.63) is 0 Å². The van der Waals surface area contributed by atoms with Crippen molar-refractivity contribution in [3.63, 3.8) is 0 Å². The number of aliphatic imine (C=N–C) groups is 1. The molecular weight excluding hydrogens is 747 g/mol. The maximum Gasteiger partial charge on any atom is 0.326 e. The molecule has 20 nitrogen and oxygen atoms in total. The number of carbonyl (C=O) groups excluding carboxylic acids is 7. The second-order valence-corrected chi connectivity index (χ2v) is 16.3. The van der Waals surface area contributed by atoms with Crippen LogP contribution >= 0.6 is 21.6 Å². The van der Waals surface area contributed by atoms with Crippen molar-refractivity contribution >= 4 is 74.9 Å². The second kappa shape index (κ2) is 24.2. The summed E-state index contributed by atoms with van der Waals surface area (Å²) in [5.41, 5.74) is 16.5. The van der Waals surface area contributed by atoms with Crippen LogP contribution in [0.15, 0.2) is 4.99 Å². The first kappa shape index (κ1) is 47.7. The number of carboxylic acids is 1. The molecule has 0 aliphatic carbocycles. The Morgan fingerprint density at radius 3 is 2.09 bits per heavy atom. The summed E-state index contributed by atoms with van der Waals surface area (Å²) < 4.78 is 0. The minimum Gasteiger partial charge on any atom is -0.480 e. The Morgan fingerprint density at radius 2 is 1.50 bits per heavy atom. The second-order valence-electron chi connectivity index (χ2n) is 13.7. The molecule has 1 aliphatic rings. The number of rotatable bonds is 15. The summed E-state index contributed by atoms with van der Waals surface area (Å²) >= 11 is 0. The molecule has 1 rings (SSSR count). The molecule has 14 N–H and O–H groups in total. The highest BCUT2D eigenvalue weighted by Crippen LogP contribution is 2.23. The zero-order valence-corrected chi connectivity index (χ0v) is 33.2. The molecule has 0 radical (unpaired) electrons. The number of nitrogens with zero attached hydrogens (tertiary/aromatic N) is 1. The van der Waals surface area contributed by atoms with Crippen LogP contribution in [0.25, 0.3) is 0 Å². The average Bonchev–Trinajstić information content (AvgIpc) is 3.07. The van der Waals surface area contributed by atoms with Crippen LogP contribution in [0.1, 0.15) is 67.2 Å². The average molecular weight is 804 g/mol. The molecule has 7 atom stereocenters. The van der Waals surface area contributed by atoms with Gasteiger partial charge in [-0.3, -0.25) is 38.6 Å². The molecule has 0 spiro atoms. The molecule has 1 heterocycles. The summed E-state index contributed by atoms with van der Waals surface area (Å²) in [5.74, 6) is -6.42. The number of guanidine groups is 1. The van der Waals surface area contributed by atoms with Gasteiger partial charge in [0.15, 0.2) is 5.96 Å². The maximum absolute atomic E-state index is 13.8. The Hall–Kier alpha value is -4.31. The monoisotopic (exact) mass is 803 g/mol. The molecule has 0 bridgehead atoms. The first-order chi connectivity index (χ1) is 25.2. The van der Waals surface area contributed by atoms with Crippen LogP contribution in [0.4, 0.5) is 0 Å². The Bertz CT molecular complexity index is 1360. The lowest BCUT2D eigenvalue weighted by molar-refractivity contribution is -0.142. The molecule has 1 aliphatic heterocycles. The highest BCUT2D eigenvalue weighted by molar-refractivity contribution is 8.76. The number of nitrogens with one attached hydrogen (secondary N) is 7. The van der Waals surface area contributed by atoms with Gasteiger partial charge in [-0.25, -0.2) is 4.79 Å². The van der Waals surface area contributed by atoms with Gasteiger partial charge in [-0.1, -0.05) is 49.3 Å². The van der Waals surface area contributed by atoms with E-state index in [9.17, 15) is 43.5 Å². The number of aliphatic carboxylic acids is 1. The predicted molar refractivity (Wildman–Crippen MR) is 205 cm³/mol. The van der Waals surface area contributed by atoms with Crippen LogP contribution in [-0.2, 0) is 38.4 Å². The van der Waals surface area contributed by atoms with Crippen molar-refractivity contribution in [1.29, 1.82) is 0 Å². The molecular formula is C32H57N11O9S2. The number of nitrogens with two attached hydrogens (primary N) is 3. The highest BCUT2D eigenvalue weighted by Gasteiger charge is 2.33. The number of carboxylic acid groups (broad SMARTS) is 1. The summed E-state index contributed by atoms with van der Waals surface area (Å²) in [6.07, 6.45) is 0.606. The van der Waals surface area contributed by atoms with Gasteiger partial charge in [0, 0.05) is 18.1 Å². The van der Waals surface area contributed by atoms with E-state index in [-0.39, 0.29) is 61.5 Å². The zero-order valence-electron chi connectivity index (χ0n) is 31.6. The Labute approximate surface area is 323 Å². The van der Waals surface area contributed by atoms with E-state index in [0.717, 1.165) is 21.6 Å². The molecule has 7 amide bonds. The molecule has 0 aromatic heterocycles. The third-order valence-electron chi connectivity index (χ3n) is 7.72. The molecule has 0 unspecified atom stereocenters. The van der Waals surface area contributed by atoms with E-state index in [2.05, 4.69) is 42.2 Å². The molecule has 0 aromatic rings. The third-order valence-corrected chi connectivity index (χ3v) is 10.2. The van der Waals surface area contributed by atoms with E-state index in [4.69, 9.17) is 17.2 Å². The van der Waals surface area contributed by atoms with Crippen LogP contribution in [0.5, 0.6) is 0 Å². The van der Waals surface area contributed by atoms with Gasteiger partial charge < -0.3 is 59.5 Å². The lowest BCUT2D eigenvalue weighted by Gasteiger charge is -2.27. The maximum atomic E-state index is 13.8. The van der Waals surface area contributed by atoms with E-state index in [1.807, 2.05) is 27.7 Å². The van der Waals surface area contributed by atoms with E-state index in [1.165, 1.54) is 13.8 Å². The van der Waals surface area contributed by atoms with Crippen LogP contribution in [0, 0.1) is 11.8 Å². The van der Waals surface area contributed by atoms with Crippen LogP contribution in [-0.4, -0.2) is 125 Å². The molecule has 1 fully saturated rings. The molecule has 1 saturated heterocycles. The molecule has 54 heavy (non-hydrogen) atoms. The minimum absolute atomic E-state index is 0.0182. The van der Waals surface area contributed by atoms with Crippen molar-refractivity contribution in [1.82, 2.24) is 37.2 Å². The van der Waals surface area contributed by atoms with Gasteiger partial charge in [0.2, 0.25) is 41.4 Å². The van der Waals surface area contributed by atoms with Gasteiger partial charge in [-0.05, 0) is 51.4 Å². The van der Waals surface area contributed by atoms with Crippen LogP contribution in [0.2, 0.25) is 0 Å². The summed E-state index contributed by atoms with van der Waals surface area (Å²) in [7, 11) is 2.28. The van der Waals surface area contributed by atoms with Gasteiger partial charge >= 0.3 is 5.97 Å². The Balaban J connectivity index is 3.23. The van der Waals surface area contributed by atoms with Crippen molar-refractivity contribution in [2.45, 2.75) is 110 Å². The van der Waals surface area contributed by atoms with E-state index >= 15 is 0 Å². The number of carbonyl (C=O) groups is 8. The van der Waals surface area contributed by atoms with Crippen molar-refractivity contribution in [2.24, 2.45) is 34.0 Å². The van der Waals surface area contributed by atoms with E-state index in [1.54, 1.807) is 0 Å². The first-order valence-corrected chi connectivity index (χ1v) is 20.1. The fourth-order valence-electron chi connectivity index (χ4n) is 4.84. The smallest absolute Gasteiger partial charge is 0.326 e. The first-order valence-electron chi connectivity index (χ1n) is 17.6. The Morgan fingerprint density at radius 1 is 0.852 bits per heavy atom. The summed E-state index contributed by atoms with van der Waals surface area (Å²) in [6.45, 7) is 9.80. The lowest BCUT2D eigenvalue weighted by Crippen LogP contribution is -2.60. The highest BCUT2D eigenvalue weighted by atomic mass is 33.1. The topological polar surface area (TPSA) is 331 Å². The molecule has 22 heteroatoms. The van der Waals surface area contributed by atoms with Gasteiger partial charge in [0.05, 0.1) is 12.6 Å². The van der Waals surface area contributed by atoms with E-state index < -0.39 is 96.2 Å². The van der Waals surface area contributed by atoms with Crippen molar-refractivity contribution < 1.29 is 43.5 Å². The standard InChI is InChI=1S/C32H57N11O9S2/c1-15(2)10-21(28(48)39-18(6)26(46)40-20(31(51)52)8-7-9-36-32(34)35)42-30(50)23-14-54-53-13-19(33)27(47)37-12-24(44)38-17(5)25(45)41-22(11-16(3)4)29(49)43-23/h15-23H,7-14,33H2,1-6H3,(H,37,47)(H,38,44)(H,39,48)(H,40,46)(H,41,45)(H,42,50)(H,43,49)(H,51,52)(H4,34,35,36)/t17-,18-,19-,20-,21-,22-,23-/m0/s1. The lowest BCUT2D eigenvalue weighted by atomic mass is 10.0. The van der Waals surface area contributed by atoms with Gasteiger partial charge in [0.25, 0.3) is 0 Å². The fraction of sp³-hybridized carbons (Fsp3) is 0.719. The largest absolute Gasteiger partial charge is 0.480 e. The summed E-state index contributed by atoms with van der Waals surface area (Å²) in [5, 5.41) is 27.3. The molecule has 0 aromatic carbocycles. The Kier molecular flexibility index (Phi) is 21.4. The number of hydrogen-bond donors (Lipinski definition) is 11. The SMILES string of the molecule is CC(C)C[C@@H]1NC(=O)[C@H](C)NC(=O)CNC(=O)[C@@H](N)CSSC[C@@H](C(=O)N[C@@H](CC(C)C)C(=O)N[C@@H](C)C(=O)N[C@@H](CCCN=C(N)N)C(=O)O)NC1=O.